The average Bonchev–Trinajstić information content (AvgIpc) is 2.70. The Hall–Kier alpha value is -0.730. The first-order chi connectivity index (χ1) is 8.52. The molecule has 0 fully saturated rings. The van der Waals surface area contributed by atoms with Crippen LogP contribution in [0.1, 0.15) is 11.3 Å². The van der Waals surface area contributed by atoms with E-state index in [1.165, 1.54) is 11.3 Å². The number of benzene rings is 1. The summed E-state index contributed by atoms with van der Waals surface area (Å²) in [6, 6.07) is 5.10. The Morgan fingerprint density at radius 3 is 2.83 bits per heavy atom. The fourth-order valence-corrected chi connectivity index (χ4v) is 3.65. The van der Waals surface area contributed by atoms with E-state index in [1.54, 1.807) is 19.1 Å². The molecule has 2 rings (SSSR count). The van der Waals surface area contributed by atoms with Crippen molar-refractivity contribution in [2.24, 2.45) is 0 Å². The van der Waals surface area contributed by atoms with Gasteiger partial charge in [0.25, 0.3) is 5.69 Å². The molecule has 1 aromatic heterocycles. The molecule has 94 valence electrons. The second kappa shape index (κ2) is 5.50. The lowest BCUT2D eigenvalue weighted by atomic mass is 10.1. The van der Waals surface area contributed by atoms with Gasteiger partial charge in [0.15, 0.2) is 0 Å². The zero-order chi connectivity index (χ0) is 13.3. The van der Waals surface area contributed by atoms with E-state index in [-0.39, 0.29) is 10.6 Å². The quantitative estimate of drug-likeness (QED) is 0.330. The molecule has 0 saturated heterocycles. The van der Waals surface area contributed by atoms with Crippen LogP contribution in [-0.4, -0.2) is 9.91 Å². The molecule has 0 bridgehead atoms. The van der Waals surface area contributed by atoms with Crippen LogP contribution in [0.5, 0.6) is 0 Å². The smallest absolute Gasteiger partial charge is 0.258 e. The molecule has 4 nitrogen and oxygen atoms in total. The molecule has 0 aliphatic heterocycles. The van der Waals surface area contributed by atoms with Gasteiger partial charge in [0, 0.05) is 21.6 Å². The van der Waals surface area contributed by atoms with Gasteiger partial charge < -0.3 is 0 Å². The number of rotatable bonds is 3. The van der Waals surface area contributed by atoms with Crippen molar-refractivity contribution in [1.29, 1.82) is 0 Å². The van der Waals surface area contributed by atoms with Gasteiger partial charge in [-0.1, -0.05) is 46.3 Å². The van der Waals surface area contributed by atoms with Gasteiger partial charge in [-0.15, -0.1) is 11.3 Å². The van der Waals surface area contributed by atoms with Crippen molar-refractivity contribution in [2.45, 2.75) is 11.4 Å². The number of nitro groups is 1. The van der Waals surface area contributed by atoms with Crippen molar-refractivity contribution in [1.82, 2.24) is 4.98 Å². The lowest BCUT2D eigenvalue weighted by molar-refractivity contribution is -0.385. The maximum atomic E-state index is 10.9. The SMILES string of the molecule is Cc1ccc(-c2nc(CI)c(Cl)s2)cc1[N+](=O)[O-]. The molecule has 0 aliphatic carbocycles. The summed E-state index contributed by atoms with van der Waals surface area (Å²) in [5.41, 5.74) is 2.30. The zero-order valence-electron chi connectivity index (χ0n) is 9.31. The maximum Gasteiger partial charge on any atom is 0.273 e. The van der Waals surface area contributed by atoms with Crippen LogP contribution < -0.4 is 0 Å². The molecular formula is C11H8ClIN2O2S. The summed E-state index contributed by atoms with van der Waals surface area (Å²) in [5, 5.41) is 11.6. The summed E-state index contributed by atoms with van der Waals surface area (Å²) >= 11 is 9.58. The summed E-state index contributed by atoms with van der Waals surface area (Å²) < 4.78 is 1.36. The second-order valence-corrected chi connectivity index (χ2v) is 6.00. The number of nitro benzene ring substituents is 1. The highest BCUT2D eigenvalue weighted by Crippen LogP contribution is 2.34. The molecule has 0 N–H and O–H groups in total. The fourth-order valence-electron chi connectivity index (χ4n) is 1.48. The first kappa shape index (κ1) is 13.7. The van der Waals surface area contributed by atoms with Crippen molar-refractivity contribution >= 4 is 51.2 Å². The first-order valence-electron chi connectivity index (χ1n) is 4.99. The number of alkyl halides is 1. The molecule has 0 radical (unpaired) electrons. The Kier molecular flexibility index (Phi) is 4.18. The molecule has 2 aromatic rings. The van der Waals surface area contributed by atoms with Gasteiger partial charge >= 0.3 is 0 Å². The molecule has 0 aliphatic rings. The van der Waals surface area contributed by atoms with E-state index in [4.69, 9.17) is 11.6 Å². The maximum absolute atomic E-state index is 10.9. The standard InChI is InChI=1S/C11H8ClIN2O2S/c1-6-2-3-7(4-9(6)15(16)17)11-14-8(5-13)10(12)18-11/h2-4H,5H2,1H3. The van der Waals surface area contributed by atoms with Gasteiger partial charge in [0.05, 0.1) is 10.6 Å². The van der Waals surface area contributed by atoms with Gasteiger partial charge in [-0.3, -0.25) is 10.1 Å². The van der Waals surface area contributed by atoms with E-state index >= 15 is 0 Å². The van der Waals surface area contributed by atoms with E-state index in [0.717, 1.165) is 20.7 Å². The minimum atomic E-state index is -0.382. The van der Waals surface area contributed by atoms with E-state index < -0.39 is 0 Å². The number of halogens is 2. The molecular weight excluding hydrogens is 387 g/mol. The van der Waals surface area contributed by atoms with Crippen LogP contribution in [-0.2, 0) is 4.43 Å². The van der Waals surface area contributed by atoms with Gasteiger partial charge in [-0.2, -0.15) is 0 Å². The topological polar surface area (TPSA) is 56.0 Å². The van der Waals surface area contributed by atoms with Crippen LogP contribution in [0, 0.1) is 17.0 Å². The molecule has 0 spiro atoms. The Morgan fingerprint density at radius 2 is 2.28 bits per heavy atom. The fraction of sp³-hybridized carbons (Fsp3) is 0.182. The highest BCUT2D eigenvalue weighted by atomic mass is 127. The molecule has 0 amide bonds. The second-order valence-electron chi connectivity index (χ2n) is 3.63. The summed E-state index contributed by atoms with van der Waals surface area (Å²) in [4.78, 5) is 14.9. The molecule has 0 unspecified atom stereocenters. The Bertz CT molecular complexity index is 615. The van der Waals surface area contributed by atoms with Crippen molar-refractivity contribution in [3.63, 3.8) is 0 Å². The Morgan fingerprint density at radius 1 is 1.56 bits per heavy atom. The van der Waals surface area contributed by atoms with Gasteiger partial charge in [0.2, 0.25) is 0 Å². The highest BCUT2D eigenvalue weighted by molar-refractivity contribution is 14.1. The van der Waals surface area contributed by atoms with E-state index in [2.05, 4.69) is 27.6 Å². The number of aromatic nitrogens is 1. The summed E-state index contributed by atoms with van der Waals surface area (Å²) in [7, 11) is 0. The average molecular weight is 395 g/mol. The predicted molar refractivity (Wildman–Crippen MR) is 81.7 cm³/mol. The summed E-state index contributed by atoms with van der Waals surface area (Å²) in [6.45, 7) is 1.72. The zero-order valence-corrected chi connectivity index (χ0v) is 13.0. The number of thiazole rings is 1. The molecule has 1 aromatic carbocycles. The molecule has 0 atom stereocenters. The van der Waals surface area contributed by atoms with E-state index in [0.29, 0.717) is 9.90 Å². The largest absolute Gasteiger partial charge is 0.273 e. The van der Waals surface area contributed by atoms with Crippen LogP contribution in [0.3, 0.4) is 0 Å². The Labute approximate surface area is 126 Å². The predicted octanol–water partition coefficient (Wildman–Crippen LogP) is 4.62. The summed E-state index contributed by atoms with van der Waals surface area (Å²) in [5.74, 6) is 0. The molecule has 1 heterocycles. The number of hydrogen-bond donors (Lipinski definition) is 0. The van der Waals surface area contributed by atoms with Gasteiger partial charge in [-0.25, -0.2) is 4.98 Å². The van der Waals surface area contributed by atoms with Crippen molar-refractivity contribution < 1.29 is 4.92 Å². The monoisotopic (exact) mass is 394 g/mol. The Balaban J connectivity index is 2.50. The number of nitrogens with zero attached hydrogens (tertiary/aromatic N) is 2. The molecule has 18 heavy (non-hydrogen) atoms. The van der Waals surface area contributed by atoms with Crippen LogP contribution in [0.25, 0.3) is 10.6 Å². The minimum absolute atomic E-state index is 0.106. The van der Waals surface area contributed by atoms with Crippen LogP contribution in [0.15, 0.2) is 18.2 Å². The van der Waals surface area contributed by atoms with E-state index in [1.807, 2.05) is 6.07 Å². The molecule has 7 heteroatoms. The summed E-state index contributed by atoms with van der Waals surface area (Å²) in [6.07, 6.45) is 0. The third-order valence-electron chi connectivity index (χ3n) is 2.43. The van der Waals surface area contributed by atoms with Gasteiger partial charge in [-0.05, 0) is 6.92 Å². The van der Waals surface area contributed by atoms with Crippen molar-refractivity contribution in [2.75, 3.05) is 0 Å². The van der Waals surface area contributed by atoms with Crippen LogP contribution in [0.2, 0.25) is 4.34 Å². The minimum Gasteiger partial charge on any atom is -0.258 e. The lowest BCUT2D eigenvalue weighted by Crippen LogP contribution is -1.92. The van der Waals surface area contributed by atoms with Crippen LogP contribution in [0.4, 0.5) is 5.69 Å². The van der Waals surface area contributed by atoms with Crippen LogP contribution >= 0.6 is 45.5 Å². The third kappa shape index (κ3) is 2.65. The first-order valence-corrected chi connectivity index (χ1v) is 7.71. The highest BCUT2D eigenvalue weighted by Gasteiger charge is 2.15. The van der Waals surface area contributed by atoms with Gasteiger partial charge in [0.1, 0.15) is 9.34 Å². The normalized spacial score (nSPS) is 10.6. The number of hydrogen-bond acceptors (Lipinski definition) is 4. The van der Waals surface area contributed by atoms with Crippen molar-refractivity contribution in [3.8, 4) is 10.6 Å². The number of aryl methyl sites for hydroxylation is 1. The molecule has 0 saturated carbocycles. The lowest BCUT2D eigenvalue weighted by Gasteiger charge is -1.99. The third-order valence-corrected chi connectivity index (χ3v) is 4.54. The van der Waals surface area contributed by atoms with Crippen molar-refractivity contribution in [3.05, 3.63) is 43.9 Å². The van der Waals surface area contributed by atoms with E-state index in [9.17, 15) is 10.1 Å².